The van der Waals surface area contributed by atoms with Crippen molar-refractivity contribution in [2.45, 2.75) is 6.61 Å². The zero-order chi connectivity index (χ0) is 16.5. The Kier molecular flexibility index (Phi) is 6.45. The van der Waals surface area contributed by atoms with Crippen molar-refractivity contribution in [3.8, 4) is 11.8 Å². The third-order valence-electron chi connectivity index (χ3n) is 2.91. The highest BCUT2D eigenvalue weighted by atomic mass is 79.9. The molecule has 118 valence electrons. The Hall–Kier alpha value is -2.52. The molecule has 0 saturated heterocycles. The molecule has 0 heterocycles. The Labute approximate surface area is 143 Å². The minimum atomic E-state index is -0.494. The summed E-state index contributed by atoms with van der Waals surface area (Å²) in [7, 11) is 0. The van der Waals surface area contributed by atoms with E-state index in [0.717, 1.165) is 10.0 Å². The van der Waals surface area contributed by atoms with Gasteiger partial charge in [0.2, 0.25) is 0 Å². The lowest BCUT2D eigenvalue weighted by atomic mass is 10.2. The molecule has 0 aromatic heterocycles. The van der Waals surface area contributed by atoms with Crippen LogP contribution in [0.5, 0.6) is 5.75 Å². The average molecular weight is 375 g/mol. The molecule has 0 spiro atoms. The first-order chi connectivity index (χ1) is 11.2. The Morgan fingerprint density at radius 3 is 2.74 bits per heavy atom. The first kappa shape index (κ1) is 16.8. The predicted molar refractivity (Wildman–Crippen MR) is 89.0 cm³/mol. The number of hydrogen-bond donors (Lipinski definition) is 1. The van der Waals surface area contributed by atoms with Gasteiger partial charge in [0.1, 0.15) is 25.0 Å². The van der Waals surface area contributed by atoms with Gasteiger partial charge in [-0.2, -0.15) is 5.26 Å². The molecule has 1 amide bonds. The first-order valence-electron chi connectivity index (χ1n) is 6.96. The van der Waals surface area contributed by atoms with Crippen LogP contribution in [0.3, 0.4) is 0 Å². The molecule has 2 aromatic carbocycles. The molecule has 0 fully saturated rings. The number of hydrogen-bond acceptors (Lipinski definition) is 4. The number of nitrogens with zero attached hydrogens (tertiary/aromatic N) is 1. The van der Waals surface area contributed by atoms with Gasteiger partial charge in [-0.05, 0) is 39.7 Å². The standard InChI is InChI=1S/C17H15BrN2O3/c18-16-7-6-15(10-14(16)11-19)22-9-8-20-17(21)23-12-13-4-2-1-3-5-13/h1-7,10H,8-9,12H2,(H,20,21). The van der Waals surface area contributed by atoms with Crippen molar-refractivity contribution in [2.75, 3.05) is 13.2 Å². The van der Waals surface area contributed by atoms with Gasteiger partial charge in [0.05, 0.1) is 12.1 Å². The SMILES string of the molecule is N#Cc1cc(OCCNC(=O)OCc2ccccc2)ccc1Br. The molecule has 0 aliphatic carbocycles. The molecule has 6 heteroatoms. The number of ether oxygens (including phenoxy) is 2. The Balaban J connectivity index is 1.67. The Morgan fingerprint density at radius 1 is 1.22 bits per heavy atom. The van der Waals surface area contributed by atoms with E-state index in [1.165, 1.54) is 0 Å². The fourth-order valence-corrected chi connectivity index (χ4v) is 2.11. The van der Waals surface area contributed by atoms with Crippen molar-refractivity contribution in [2.24, 2.45) is 0 Å². The summed E-state index contributed by atoms with van der Waals surface area (Å²) in [4.78, 5) is 11.5. The van der Waals surface area contributed by atoms with Crippen LogP contribution in [0.15, 0.2) is 53.0 Å². The van der Waals surface area contributed by atoms with Crippen LogP contribution in [0.25, 0.3) is 0 Å². The molecule has 2 rings (SSSR count). The maximum atomic E-state index is 11.5. The molecular formula is C17H15BrN2O3. The summed E-state index contributed by atoms with van der Waals surface area (Å²) in [5.74, 6) is 0.573. The number of nitriles is 1. The Bertz CT molecular complexity index is 699. The summed E-state index contributed by atoms with van der Waals surface area (Å²) in [5, 5.41) is 11.5. The van der Waals surface area contributed by atoms with E-state index < -0.39 is 6.09 Å². The fourth-order valence-electron chi connectivity index (χ4n) is 1.78. The lowest BCUT2D eigenvalue weighted by Gasteiger charge is -2.09. The lowest BCUT2D eigenvalue weighted by molar-refractivity contribution is 0.137. The molecule has 0 saturated carbocycles. The molecule has 23 heavy (non-hydrogen) atoms. The zero-order valence-corrected chi connectivity index (χ0v) is 13.9. The smallest absolute Gasteiger partial charge is 0.407 e. The van der Waals surface area contributed by atoms with Crippen molar-refractivity contribution >= 4 is 22.0 Å². The van der Waals surface area contributed by atoms with E-state index in [0.29, 0.717) is 17.9 Å². The molecule has 1 N–H and O–H groups in total. The van der Waals surface area contributed by atoms with Crippen LogP contribution < -0.4 is 10.1 Å². The van der Waals surface area contributed by atoms with Crippen LogP contribution in [0, 0.1) is 11.3 Å². The minimum Gasteiger partial charge on any atom is -0.492 e. The highest BCUT2D eigenvalue weighted by molar-refractivity contribution is 9.10. The van der Waals surface area contributed by atoms with E-state index in [2.05, 4.69) is 27.3 Å². The molecule has 2 aromatic rings. The number of halogens is 1. The topological polar surface area (TPSA) is 71.3 Å². The third-order valence-corrected chi connectivity index (χ3v) is 3.60. The van der Waals surface area contributed by atoms with E-state index in [4.69, 9.17) is 14.7 Å². The normalized spacial score (nSPS) is 9.74. The minimum absolute atomic E-state index is 0.228. The van der Waals surface area contributed by atoms with E-state index in [-0.39, 0.29) is 13.2 Å². The molecule has 5 nitrogen and oxygen atoms in total. The summed E-state index contributed by atoms with van der Waals surface area (Å²) in [5.41, 5.74) is 1.43. The monoisotopic (exact) mass is 374 g/mol. The van der Waals surface area contributed by atoms with Crippen LogP contribution in [0.2, 0.25) is 0 Å². The van der Waals surface area contributed by atoms with Crippen molar-refractivity contribution < 1.29 is 14.3 Å². The van der Waals surface area contributed by atoms with Crippen molar-refractivity contribution in [1.82, 2.24) is 5.32 Å². The van der Waals surface area contributed by atoms with E-state index >= 15 is 0 Å². The summed E-state index contributed by atoms with van der Waals surface area (Å²) in [6.45, 7) is 0.824. The Morgan fingerprint density at radius 2 is 2.00 bits per heavy atom. The number of benzene rings is 2. The number of nitrogens with one attached hydrogen (secondary N) is 1. The van der Waals surface area contributed by atoms with Gasteiger partial charge < -0.3 is 14.8 Å². The molecule has 0 aliphatic heterocycles. The van der Waals surface area contributed by atoms with Gasteiger partial charge in [0, 0.05) is 4.47 Å². The predicted octanol–water partition coefficient (Wildman–Crippen LogP) is 3.63. The first-order valence-corrected chi connectivity index (χ1v) is 7.75. The van der Waals surface area contributed by atoms with Gasteiger partial charge in [-0.15, -0.1) is 0 Å². The number of amides is 1. The fraction of sp³-hybridized carbons (Fsp3) is 0.176. The average Bonchev–Trinajstić information content (AvgIpc) is 2.59. The zero-order valence-electron chi connectivity index (χ0n) is 12.3. The third kappa shape index (κ3) is 5.64. The van der Waals surface area contributed by atoms with Gasteiger partial charge >= 0.3 is 6.09 Å². The highest BCUT2D eigenvalue weighted by Gasteiger charge is 2.04. The lowest BCUT2D eigenvalue weighted by Crippen LogP contribution is -2.28. The summed E-state index contributed by atoms with van der Waals surface area (Å²) in [6.07, 6.45) is -0.494. The van der Waals surface area contributed by atoms with Gasteiger partial charge in [-0.25, -0.2) is 4.79 Å². The summed E-state index contributed by atoms with van der Waals surface area (Å²) in [6, 6.07) is 16.6. The largest absolute Gasteiger partial charge is 0.492 e. The van der Waals surface area contributed by atoms with E-state index in [1.807, 2.05) is 30.3 Å². The second kappa shape index (κ2) is 8.81. The van der Waals surface area contributed by atoms with Crippen LogP contribution in [-0.2, 0) is 11.3 Å². The second-order valence-electron chi connectivity index (χ2n) is 4.59. The van der Waals surface area contributed by atoms with Gasteiger partial charge in [-0.3, -0.25) is 0 Å². The van der Waals surface area contributed by atoms with Crippen molar-refractivity contribution in [3.05, 3.63) is 64.1 Å². The molecular weight excluding hydrogens is 360 g/mol. The molecule has 0 aliphatic rings. The van der Waals surface area contributed by atoms with Crippen LogP contribution in [0.4, 0.5) is 4.79 Å². The number of carbonyl (C=O) groups is 1. The summed E-state index contributed by atoms with van der Waals surface area (Å²) >= 11 is 3.28. The molecule has 0 bridgehead atoms. The van der Waals surface area contributed by atoms with Crippen molar-refractivity contribution in [1.29, 1.82) is 5.26 Å². The van der Waals surface area contributed by atoms with Gasteiger partial charge in [0.25, 0.3) is 0 Å². The molecule has 0 unspecified atom stereocenters. The number of alkyl carbamates (subject to hydrolysis) is 1. The van der Waals surface area contributed by atoms with Crippen LogP contribution >= 0.6 is 15.9 Å². The number of rotatable bonds is 6. The van der Waals surface area contributed by atoms with Gasteiger partial charge in [0.15, 0.2) is 0 Å². The number of carbonyl (C=O) groups excluding carboxylic acids is 1. The maximum Gasteiger partial charge on any atom is 0.407 e. The van der Waals surface area contributed by atoms with Crippen molar-refractivity contribution in [3.63, 3.8) is 0 Å². The maximum absolute atomic E-state index is 11.5. The quantitative estimate of drug-likeness (QED) is 0.783. The van der Waals surface area contributed by atoms with Crippen LogP contribution in [0.1, 0.15) is 11.1 Å². The molecule has 0 radical (unpaired) electrons. The van der Waals surface area contributed by atoms with Crippen LogP contribution in [-0.4, -0.2) is 19.2 Å². The summed E-state index contributed by atoms with van der Waals surface area (Å²) < 4.78 is 11.3. The van der Waals surface area contributed by atoms with Gasteiger partial charge in [-0.1, -0.05) is 30.3 Å². The highest BCUT2D eigenvalue weighted by Crippen LogP contribution is 2.21. The second-order valence-corrected chi connectivity index (χ2v) is 5.44. The van der Waals surface area contributed by atoms with E-state index in [9.17, 15) is 4.79 Å². The molecule has 0 atom stereocenters. The van der Waals surface area contributed by atoms with E-state index in [1.54, 1.807) is 18.2 Å².